The summed E-state index contributed by atoms with van der Waals surface area (Å²) in [5.74, 6) is -0.471. The number of rotatable bonds is 1. The number of amides is 1. The average molecular weight is 242 g/mol. The maximum Gasteiger partial charge on any atom is 0.255 e. The van der Waals surface area contributed by atoms with Crippen LogP contribution in [-0.2, 0) is 0 Å². The van der Waals surface area contributed by atoms with E-state index in [4.69, 9.17) is 0 Å². The number of para-hydroxylation sites is 1. The van der Waals surface area contributed by atoms with E-state index in [1.54, 1.807) is 18.2 Å². The van der Waals surface area contributed by atoms with E-state index in [1.807, 2.05) is 18.2 Å². The van der Waals surface area contributed by atoms with Gasteiger partial charge in [0.15, 0.2) is 0 Å². The Balaban J connectivity index is 1.97. The van der Waals surface area contributed by atoms with Gasteiger partial charge in [0, 0.05) is 5.69 Å². The monoisotopic (exact) mass is 242 g/mol. The van der Waals surface area contributed by atoms with E-state index >= 15 is 0 Å². The summed E-state index contributed by atoms with van der Waals surface area (Å²) in [5.41, 5.74) is 2.05. The van der Waals surface area contributed by atoms with Gasteiger partial charge in [0.25, 0.3) is 5.91 Å². The average Bonchev–Trinajstić information content (AvgIpc) is 2.39. The Morgan fingerprint density at radius 3 is 2.67 bits per heavy atom. The lowest BCUT2D eigenvalue weighted by atomic mass is 10.1. The zero-order valence-corrected chi connectivity index (χ0v) is 9.48. The normalized spacial score (nSPS) is 17.6. The van der Waals surface area contributed by atoms with Crippen LogP contribution < -0.4 is 10.6 Å². The van der Waals surface area contributed by atoms with Gasteiger partial charge in [-0.1, -0.05) is 24.3 Å². The minimum atomic E-state index is -0.400. The molecule has 0 aliphatic carbocycles. The van der Waals surface area contributed by atoms with E-state index in [9.17, 15) is 9.18 Å². The number of halogens is 1. The fraction of sp³-hybridized carbons (Fsp3) is 0.0714. The number of nitrogens with one attached hydrogen (secondary N) is 2. The lowest BCUT2D eigenvalue weighted by molar-refractivity contribution is 0.0935. The molecule has 3 nitrogen and oxygen atoms in total. The highest BCUT2D eigenvalue weighted by Crippen LogP contribution is 2.26. The molecule has 0 fully saturated rings. The molecule has 90 valence electrons. The molecule has 0 aromatic heterocycles. The van der Waals surface area contributed by atoms with Gasteiger partial charge in [-0.05, 0) is 29.8 Å². The van der Waals surface area contributed by atoms with Crippen molar-refractivity contribution >= 4 is 11.6 Å². The Labute approximate surface area is 104 Å². The number of benzene rings is 2. The highest BCUT2D eigenvalue weighted by molar-refractivity contribution is 6.01. The zero-order valence-electron chi connectivity index (χ0n) is 9.48. The lowest BCUT2D eigenvalue weighted by Crippen LogP contribution is -2.38. The third kappa shape index (κ3) is 1.82. The second-order valence-corrected chi connectivity index (χ2v) is 4.15. The molecule has 1 aliphatic heterocycles. The molecule has 0 bridgehead atoms. The van der Waals surface area contributed by atoms with E-state index in [2.05, 4.69) is 10.6 Å². The first-order chi connectivity index (χ1) is 8.74. The van der Waals surface area contributed by atoms with Crippen molar-refractivity contribution in [3.05, 3.63) is 65.5 Å². The summed E-state index contributed by atoms with van der Waals surface area (Å²) < 4.78 is 13.2. The molecule has 1 heterocycles. The first-order valence-corrected chi connectivity index (χ1v) is 5.66. The molecule has 1 aliphatic rings. The largest absolute Gasteiger partial charge is 0.361 e. The molecular formula is C14H11FN2O. The number of hydrogen-bond donors (Lipinski definition) is 2. The number of carbonyl (C=O) groups excluding carboxylic acids is 1. The van der Waals surface area contributed by atoms with Crippen LogP contribution in [0.25, 0.3) is 0 Å². The van der Waals surface area contributed by atoms with Crippen LogP contribution in [0, 0.1) is 5.82 Å². The van der Waals surface area contributed by atoms with E-state index in [0.29, 0.717) is 11.1 Å². The summed E-state index contributed by atoms with van der Waals surface area (Å²) in [6.45, 7) is 0. The SMILES string of the molecule is O=C1N[C@H](c2cccc(F)c2)Nc2ccccc21. The first kappa shape index (κ1) is 10.8. The molecule has 3 rings (SSSR count). The minimum absolute atomic E-state index is 0.154. The van der Waals surface area contributed by atoms with Crippen molar-refractivity contribution in [3.8, 4) is 0 Å². The van der Waals surface area contributed by atoms with Gasteiger partial charge in [-0.2, -0.15) is 0 Å². The van der Waals surface area contributed by atoms with Gasteiger partial charge in [0.2, 0.25) is 0 Å². The van der Waals surface area contributed by atoms with E-state index in [1.165, 1.54) is 12.1 Å². The van der Waals surface area contributed by atoms with Gasteiger partial charge in [-0.15, -0.1) is 0 Å². The zero-order chi connectivity index (χ0) is 12.5. The maximum atomic E-state index is 13.2. The third-order valence-electron chi connectivity index (χ3n) is 2.93. The van der Waals surface area contributed by atoms with Gasteiger partial charge < -0.3 is 10.6 Å². The summed E-state index contributed by atoms with van der Waals surface area (Å²) >= 11 is 0. The van der Waals surface area contributed by atoms with Crippen LogP contribution in [0.3, 0.4) is 0 Å². The van der Waals surface area contributed by atoms with Crippen molar-refractivity contribution < 1.29 is 9.18 Å². The topological polar surface area (TPSA) is 41.1 Å². The predicted octanol–water partition coefficient (Wildman–Crippen LogP) is 2.68. The van der Waals surface area contributed by atoms with Crippen LogP contribution in [0.2, 0.25) is 0 Å². The van der Waals surface area contributed by atoms with Crippen molar-refractivity contribution in [1.82, 2.24) is 5.32 Å². The van der Waals surface area contributed by atoms with E-state index in [-0.39, 0.29) is 11.7 Å². The van der Waals surface area contributed by atoms with Crippen LogP contribution in [0.15, 0.2) is 48.5 Å². The Morgan fingerprint density at radius 2 is 1.83 bits per heavy atom. The number of anilines is 1. The Kier molecular flexibility index (Phi) is 2.48. The van der Waals surface area contributed by atoms with Crippen LogP contribution >= 0.6 is 0 Å². The molecule has 0 spiro atoms. The number of hydrogen-bond acceptors (Lipinski definition) is 2. The summed E-state index contributed by atoms with van der Waals surface area (Å²) in [7, 11) is 0. The predicted molar refractivity (Wildman–Crippen MR) is 66.7 cm³/mol. The minimum Gasteiger partial charge on any atom is -0.361 e. The maximum absolute atomic E-state index is 13.2. The van der Waals surface area contributed by atoms with Crippen molar-refractivity contribution in [2.75, 3.05) is 5.32 Å². The summed E-state index contributed by atoms with van der Waals surface area (Å²) in [6.07, 6.45) is -0.400. The van der Waals surface area contributed by atoms with Crippen LogP contribution in [0.1, 0.15) is 22.1 Å². The standard InChI is InChI=1S/C14H11FN2O/c15-10-5-3-4-9(8-10)13-16-12-7-2-1-6-11(12)14(18)17-13/h1-8,13,16H,(H,17,18)/t13-/m1/s1. The van der Waals surface area contributed by atoms with Gasteiger partial charge in [-0.25, -0.2) is 4.39 Å². The molecule has 0 unspecified atom stereocenters. The Bertz CT molecular complexity index is 612. The second kappa shape index (κ2) is 4.14. The number of carbonyl (C=O) groups is 1. The van der Waals surface area contributed by atoms with Crippen molar-refractivity contribution in [2.24, 2.45) is 0 Å². The van der Waals surface area contributed by atoms with Crippen molar-refractivity contribution in [2.45, 2.75) is 6.17 Å². The lowest BCUT2D eigenvalue weighted by Gasteiger charge is -2.28. The summed E-state index contributed by atoms with van der Waals surface area (Å²) in [6, 6.07) is 13.4. The molecule has 18 heavy (non-hydrogen) atoms. The molecule has 2 N–H and O–H groups in total. The van der Waals surface area contributed by atoms with Crippen LogP contribution in [0.4, 0.5) is 10.1 Å². The van der Waals surface area contributed by atoms with E-state index in [0.717, 1.165) is 5.69 Å². The molecule has 0 radical (unpaired) electrons. The van der Waals surface area contributed by atoms with Gasteiger partial charge in [-0.3, -0.25) is 4.79 Å². The molecule has 1 amide bonds. The van der Waals surface area contributed by atoms with Crippen molar-refractivity contribution in [3.63, 3.8) is 0 Å². The smallest absolute Gasteiger partial charge is 0.255 e. The van der Waals surface area contributed by atoms with Crippen LogP contribution in [-0.4, -0.2) is 5.91 Å². The quantitative estimate of drug-likeness (QED) is 0.807. The first-order valence-electron chi connectivity index (χ1n) is 5.66. The summed E-state index contributed by atoms with van der Waals surface area (Å²) in [4.78, 5) is 11.9. The second-order valence-electron chi connectivity index (χ2n) is 4.15. The molecule has 2 aromatic carbocycles. The van der Waals surface area contributed by atoms with Gasteiger partial charge in [0.1, 0.15) is 12.0 Å². The van der Waals surface area contributed by atoms with Gasteiger partial charge >= 0.3 is 0 Å². The molecule has 2 aromatic rings. The Hall–Kier alpha value is -2.36. The molecule has 0 saturated carbocycles. The summed E-state index contributed by atoms with van der Waals surface area (Å²) in [5, 5.41) is 5.97. The van der Waals surface area contributed by atoms with Crippen LogP contribution in [0.5, 0.6) is 0 Å². The highest BCUT2D eigenvalue weighted by Gasteiger charge is 2.23. The van der Waals surface area contributed by atoms with E-state index < -0.39 is 6.17 Å². The highest BCUT2D eigenvalue weighted by atomic mass is 19.1. The molecule has 1 atom stereocenters. The Morgan fingerprint density at radius 1 is 1.00 bits per heavy atom. The van der Waals surface area contributed by atoms with Crippen molar-refractivity contribution in [1.29, 1.82) is 0 Å². The molecule has 4 heteroatoms. The number of fused-ring (bicyclic) bond motifs is 1. The molecular weight excluding hydrogens is 231 g/mol. The molecule has 0 saturated heterocycles. The third-order valence-corrected chi connectivity index (χ3v) is 2.93. The fourth-order valence-corrected chi connectivity index (χ4v) is 2.06. The fourth-order valence-electron chi connectivity index (χ4n) is 2.06. The van der Waals surface area contributed by atoms with Gasteiger partial charge in [0.05, 0.1) is 5.56 Å².